The van der Waals surface area contributed by atoms with E-state index in [1.165, 1.54) is 7.11 Å². The van der Waals surface area contributed by atoms with Crippen LogP contribution in [0.1, 0.15) is 28.5 Å². The number of ether oxygens (including phenoxy) is 1. The Morgan fingerprint density at radius 3 is 2.75 bits per heavy atom. The summed E-state index contributed by atoms with van der Waals surface area (Å²) in [5.74, 6) is 1.73. The van der Waals surface area contributed by atoms with Crippen molar-refractivity contribution in [2.24, 2.45) is 0 Å². The summed E-state index contributed by atoms with van der Waals surface area (Å²) in [4.78, 5) is 20.0. The SMILES string of the molecule is COC(=O)c1ccc(-c2noc(CCCn3ccnc3C)n2)cc1. The third kappa shape index (κ3) is 3.51. The molecule has 0 radical (unpaired) electrons. The zero-order valence-corrected chi connectivity index (χ0v) is 13.6. The number of hydrogen-bond acceptors (Lipinski definition) is 6. The van der Waals surface area contributed by atoms with E-state index in [-0.39, 0.29) is 5.97 Å². The Morgan fingerprint density at radius 1 is 1.29 bits per heavy atom. The van der Waals surface area contributed by atoms with Crippen LogP contribution in [0.5, 0.6) is 0 Å². The third-order valence-electron chi connectivity index (χ3n) is 3.75. The highest BCUT2D eigenvalue weighted by Gasteiger charge is 2.10. The fraction of sp³-hybridized carbons (Fsp3) is 0.294. The Kier molecular flexibility index (Phi) is 4.69. The summed E-state index contributed by atoms with van der Waals surface area (Å²) in [5.41, 5.74) is 1.28. The third-order valence-corrected chi connectivity index (χ3v) is 3.75. The van der Waals surface area contributed by atoms with Crippen LogP contribution in [0.2, 0.25) is 0 Å². The van der Waals surface area contributed by atoms with Gasteiger partial charge in [0.1, 0.15) is 5.82 Å². The number of esters is 1. The molecule has 2 aromatic heterocycles. The molecule has 2 heterocycles. The van der Waals surface area contributed by atoms with Crippen LogP contribution in [0.25, 0.3) is 11.4 Å². The average Bonchev–Trinajstić information content (AvgIpc) is 3.24. The molecular formula is C17H18N4O3. The van der Waals surface area contributed by atoms with Crippen molar-refractivity contribution in [1.82, 2.24) is 19.7 Å². The number of carbonyl (C=O) groups excluding carboxylic acids is 1. The zero-order chi connectivity index (χ0) is 16.9. The van der Waals surface area contributed by atoms with Crippen molar-refractivity contribution < 1.29 is 14.1 Å². The van der Waals surface area contributed by atoms with Gasteiger partial charge in [-0.25, -0.2) is 9.78 Å². The van der Waals surface area contributed by atoms with Gasteiger partial charge in [0, 0.05) is 30.9 Å². The Hall–Kier alpha value is -2.96. The number of aryl methyl sites for hydroxylation is 3. The molecule has 1 aromatic carbocycles. The second-order valence-electron chi connectivity index (χ2n) is 5.35. The Labute approximate surface area is 139 Å². The lowest BCUT2D eigenvalue weighted by Crippen LogP contribution is -2.01. The fourth-order valence-corrected chi connectivity index (χ4v) is 2.39. The number of hydrogen-bond donors (Lipinski definition) is 0. The molecule has 0 amide bonds. The van der Waals surface area contributed by atoms with Crippen LogP contribution in [-0.4, -0.2) is 32.8 Å². The van der Waals surface area contributed by atoms with Gasteiger partial charge in [-0.05, 0) is 25.5 Å². The maximum absolute atomic E-state index is 11.4. The molecule has 0 aliphatic rings. The van der Waals surface area contributed by atoms with E-state index in [1.807, 2.05) is 13.1 Å². The highest BCUT2D eigenvalue weighted by atomic mass is 16.5. The first kappa shape index (κ1) is 15.9. The van der Waals surface area contributed by atoms with Gasteiger partial charge in [-0.2, -0.15) is 4.98 Å². The number of methoxy groups -OCH3 is 1. The minimum Gasteiger partial charge on any atom is -0.465 e. The van der Waals surface area contributed by atoms with Gasteiger partial charge in [0.2, 0.25) is 11.7 Å². The van der Waals surface area contributed by atoms with E-state index >= 15 is 0 Å². The summed E-state index contributed by atoms with van der Waals surface area (Å²) in [7, 11) is 1.35. The summed E-state index contributed by atoms with van der Waals surface area (Å²) in [6.45, 7) is 2.83. The first-order valence-electron chi connectivity index (χ1n) is 7.66. The van der Waals surface area contributed by atoms with E-state index < -0.39 is 0 Å². The van der Waals surface area contributed by atoms with Gasteiger partial charge in [0.05, 0.1) is 12.7 Å². The number of nitrogens with zero attached hydrogens (tertiary/aromatic N) is 4. The van der Waals surface area contributed by atoms with Gasteiger partial charge in [-0.3, -0.25) is 0 Å². The molecule has 0 atom stereocenters. The maximum Gasteiger partial charge on any atom is 0.337 e. The number of benzene rings is 1. The van der Waals surface area contributed by atoms with Crippen molar-refractivity contribution in [2.75, 3.05) is 7.11 Å². The summed E-state index contributed by atoms with van der Waals surface area (Å²) >= 11 is 0. The highest BCUT2D eigenvalue weighted by Crippen LogP contribution is 2.17. The molecule has 0 saturated carbocycles. The molecule has 3 aromatic rings. The molecule has 0 saturated heterocycles. The first-order valence-corrected chi connectivity index (χ1v) is 7.66. The molecule has 0 aliphatic heterocycles. The largest absolute Gasteiger partial charge is 0.465 e. The normalized spacial score (nSPS) is 10.8. The average molecular weight is 326 g/mol. The predicted molar refractivity (Wildman–Crippen MR) is 86.4 cm³/mol. The lowest BCUT2D eigenvalue weighted by molar-refractivity contribution is 0.0601. The molecule has 0 bridgehead atoms. The van der Waals surface area contributed by atoms with Gasteiger partial charge >= 0.3 is 5.97 Å². The van der Waals surface area contributed by atoms with Crippen molar-refractivity contribution in [3.05, 3.63) is 53.9 Å². The second kappa shape index (κ2) is 7.08. The van der Waals surface area contributed by atoms with Crippen LogP contribution in [0.15, 0.2) is 41.2 Å². The summed E-state index contributed by atoms with van der Waals surface area (Å²) in [5, 5.41) is 3.99. The molecule has 7 nitrogen and oxygen atoms in total. The van der Waals surface area contributed by atoms with E-state index in [2.05, 4.69) is 24.4 Å². The standard InChI is InChI=1S/C17H18N4O3/c1-12-18-9-11-21(12)10-3-4-15-19-16(20-24-15)13-5-7-14(8-6-13)17(22)23-2/h5-9,11H,3-4,10H2,1-2H3. The van der Waals surface area contributed by atoms with E-state index in [9.17, 15) is 4.79 Å². The van der Waals surface area contributed by atoms with E-state index in [1.54, 1.807) is 30.5 Å². The van der Waals surface area contributed by atoms with Crippen LogP contribution in [0.4, 0.5) is 0 Å². The van der Waals surface area contributed by atoms with Crippen molar-refractivity contribution in [3.8, 4) is 11.4 Å². The van der Waals surface area contributed by atoms with Gasteiger partial charge in [-0.1, -0.05) is 17.3 Å². The summed E-state index contributed by atoms with van der Waals surface area (Å²) in [6.07, 6.45) is 5.33. The smallest absolute Gasteiger partial charge is 0.337 e. The fourth-order valence-electron chi connectivity index (χ4n) is 2.39. The second-order valence-corrected chi connectivity index (χ2v) is 5.35. The van der Waals surface area contributed by atoms with Crippen LogP contribution in [0.3, 0.4) is 0 Å². The molecule has 7 heteroatoms. The highest BCUT2D eigenvalue weighted by molar-refractivity contribution is 5.89. The number of carbonyl (C=O) groups is 1. The van der Waals surface area contributed by atoms with Crippen LogP contribution in [-0.2, 0) is 17.7 Å². The first-order chi connectivity index (χ1) is 11.7. The topological polar surface area (TPSA) is 83.0 Å². The molecule has 3 rings (SSSR count). The van der Waals surface area contributed by atoms with Gasteiger partial charge in [0.25, 0.3) is 0 Å². The van der Waals surface area contributed by atoms with Crippen LogP contribution < -0.4 is 0 Å². The molecule has 0 aliphatic carbocycles. The van der Waals surface area contributed by atoms with Crippen molar-refractivity contribution in [2.45, 2.75) is 26.3 Å². The van der Waals surface area contributed by atoms with Gasteiger partial charge in [-0.15, -0.1) is 0 Å². The van der Waals surface area contributed by atoms with Gasteiger partial charge < -0.3 is 13.8 Å². The molecule has 124 valence electrons. The number of aromatic nitrogens is 4. The number of imidazole rings is 1. The maximum atomic E-state index is 11.4. The van der Waals surface area contributed by atoms with Crippen molar-refractivity contribution >= 4 is 5.97 Å². The molecular weight excluding hydrogens is 308 g/mol. The molecule has 24 heavy (non-hydrogen) atoms. The molecule has 0 spiro atoms. The quantitative estimate of drug-likeness (QED) is 0.648. The Bertz CT molecular complexity index is 820. The van der Waals surface area contributed by atoms with E-state index in [0.717, 1.165) is 24.4 Å². The summed E-state index contributed by atoms with van der Waals surface area (Å²) in [6, 6.07) is 6.91. The monoisotopic (exact) mass is 326 g/mol. The molecule has 0 fully saturated rings. The van der Waals surface area contributed by atoms with Gasteiger partial charge in [0.15, 0.2) is 0 Å². The van der Waals surface area contributed by atoms with E-state index in [0.29, 0.717) is 23.7 Å². The van der Waals surface area contributed by atoms with Crippen molar-refractivity contribution in [1.29, 1.82) is 0 Å². The minimum absolute atomic E-state index is 0.370. The van der Waals surface area contributed by atoms with Crippen molar-refractivity contribution in [3.63, 3.8) is 0 Å². The van der Waals surface area contributed by atoms with Crippen LogP contribution >= 0.6 is 0 Å². The summed E-state index contributed by atoms with van der Waals surface area (Å²) < 4.78 is 12.1. The molecule has 0 N–H and O–H groups in total. The van der Waals surface area contributed by atoms with E-state index in [4.69, 9.17) is 4.52 Å². The lowest BCUT2D eigenvalue weighted by Gasteiger charge is -2.02. The molecule has 0 unspecified atom stereocenters. The minimum atomic E-state index is -0.370. The Balaban J connectivity index is 1.60. The zero-order valence-electron chi connectivity index (χ0n) is 13.6. The Morgan fingerprint density at radius 2 is 2.08 bits per heavy atom. The lowest BCUT2D eigenvalue weighted by atomic mass is 10.1. The predicted octanol–water partition coefficient (Wildman–Crippen LogP) is 2.66. The van der Waals surface area contributed by atoms with Crippen LogP contribution in [0, 0.1) is 6.92 Å². The number of rotatable bonds is 6.